The molecule has 6 heteroatoms. The number of aromatic nitrogens is 2. The summed E-state index contributed by atoms with van der Waals surface area (Å²) in [5.74, 6) is 2.22. The maximum absolute atomic E-state index is 4.78. The monoisotopic (exact) mass is 451 g/mol. The van der Waals surface area contributed by atoms with Crippen molar-refractivity contribution in [2.75, 3.05) is 25.0 Å². The number of benzene rings is 1. The fraction of sp³-hybridized carbons (Fsp3) is 0.474. The molecule has 25 heavy (non-hydrogen) atoms. The highest BCUT2D eigenvalue weighted by Crippen LogP contribution is 2.27. The number of hydrogen-bond acceptors (Lipinski definition) is 2. The molecule has 2 aliphatic heterocycles. The minimum Gasteiger partial charge on any atom is -0.356 e. The number of nitrogens with one attached hydrogen (secondary N) is 1. The zero-order valence-corrected chi connectivity index (χ0v) is 17.1. The molecule has 2 aromatic rings. The summed E-state index contributed by atoms with van der Waals surface area (Å²) in [6.45, 7) is 2.99. The molecule has 1 aromatic heterocycles. The van der Waals surface area contributed by atoms with Crippen LogP contribution in [0.3, 0.4) is 0 Å². The number of fused-ring (bicyclic) bond motifs is 2. The number of imidazole rings is 1. The van der Waals surface area contributed by atoms with Gasteiger partial charge in [0.05, 0.1) is 5.69 Å². The van der Waals surface area contributed by atoms with E-state index < -0.39 is 0 Å². The molecule has 0 spiro atoms. The molecule has 3 heterocycles. The van der Waals surface area contributed by atoms with E-state index in [2.05, 4.69) is 50.2 Å². The molecular formula is C19H26IN5. The summed E-state index contributed by atoms with van der Waals surface area (Å²) in [4.78, 5) is 11.5. The third kappa shape index (κ3) is 3.83. The number of hydrogen-bond donors (Lipinski definition) is 1. The van der Waals surface area contributed by atoms with E-state index in [1.807, 2.05) is 7.05 Å². The molecule has 0 bridgehead atoms. The first-order valence-electron chi connectivity index (χ1n) is 8.96. The normalized spacial score (nSPS) is 16.2. The van der Waals surface area contributed by atoms with Gasteiger partial charge >= 0.3 is 0 Å². The molecule has 2 aliphatic rings. The number of aliphatic imine (C=N–C) groups is 1. The SMILES string of the molecule is CN=C(NCCc1cn2c(n1)CCCC2)N1CCc2ccccc21.I. The Hall–Kier alpha value is -1.57. The fourth-order valence-corrected chi connectivity index (χ4v) is 3.75. The van der Waals surface area contributed by atoms with E-state index in [-0.39, 0.29) is 24.0 Å². The number of aryl methyl sites for hydroxylation is 2. The predicted molar refractivity (Wildman–Crippen MR) is 113 cm³/mol. The number of rotatable bonds is 3. The van der Waals surface area contributed by atoms with Crippen molar-refractivity contribution in [3.63, 3.8) is 0 Å². The molecule has 0 fully saturated rings. The van der Waals surface area contributed by atoms with Gasteiger partial charge in [-0.3, -0.25) is 4.99 Å². The molecule has 0 radical (unpaired) electrons. The summed E-state index contributed by atoms with van der Waals surface area (Å²) in [6, 6.07) is 8.59. The van der Waals surface area contributed by atoms with Crippen molar-refractivity contribution >= 4 is 35.6 Å². The highest BCUT2D eigenvalue weighted by Gasteiger charge is 2.22. The Labute approximate surface area is 166 Å². The van der Waals surface area contributed by atoms with Crippen LogP contribution in [0.15, 0.2) is 35.5 Å². The minimum absolute atomic E-state index is 0. The lowest BCUT2D eigenvalue weighted by Gasteiger charge is -2.22. The maximum Gasteiger partial charge on any atom is 0.198 e. The maximum atomic E-state index is 4.78. The lowest BCUT2D eigenvalue weighted by Crippen LogP contribution is -2.41. The molecular weight excluding hydrogens is 425 g/mol. The van der Waals surface area contributed by atoms with Gasteiger partial charge in [-0.05, 0) is 30.9 Å². The zero-order valence-electron chi connectivity index (χ0n) is 14.7. The molecule has 0 atom stereocenters. The number of para-hydroxylation sites is 1. The topological polar surface area (TPSA) is 45.5 Å². The summed E-state index contributed by atoms with van der Waals surface area (Å²) in [5, 5.41) is 3.51. The molecule has 1 N–H and O–H groups in total. The molecule has 0 saturated carbocycles. The van der Waals surface area contributed by atoms with Gasteiger partial charge in [0.2, 0.25) is 0 Å². The third-order valence-electron chi connectivity index (χ3n) is 4.98. The van der Waals surface area contributed by atoms with Crippen molar-refractivity contribution in [2.45, 2.75) is 38.6 Å². The predicted octanol–water partition coefficient (Wildman–Crippen LogP) is 3.02. The lowest BCUT2D eigenvalue weighted by atomic mass is 10.2. The third-order valence-corrected chi connectivity index (χ3v) is 4.98. The van der Waals surface area contributed by atoms with Gasteiger partial charge in [0.25, 0.3) is 0 Å². The first-order valence-corrected chi connectivity index (χ1v) is 8.96. The molecule has 0 saturated heterocycles. The first-order chi connectivity index (χ1) is 11.8. The van der Waals surface area contributed by atoms with Crippen molar-refractivity contribution in [1.29, 1.82) is 0 Å². The first kappa shape index (κ1) is 18.2. The summed E-state index contributed by atoms with van der Waals surface area (Å²) in [6.07, 6.45) is 7.93. The van der Waals surface area contributed by atoms with Crippen LogP contribution in [0.5, 0.6) is 0 Å². The molecule has 0 unspecified atom stereocenters. The van der Waals surface area contributed by atoms with Crippen LogP contribution in [0.4, 0.5) is 5.69 Å². The van der Waals surface area contributed by atoms with E-state index in [0.717, 1.165) is 44.9 Å². The Kier molecular flexibility index (Phi) is 5.98. The molecule has 0 amide bonds. The number of halogens is 1. The van der Waals surface area contributed by atoms with Gasteiger partial charge in [-0.2, -0.15) is 0 Å². The minimum atomic E-state index is 0. The van der Waals surface area contributed by atoms with E-state index in [1.165, 1.54) is 35.6 Å². The van der Waals surface area contributed by atoms with Gasteiger partial charge in [0.1, 0.15) is 5.82 Å². The quantitative estimate of drug-likeness (QED) is 0.444. The molecule has 5 nitrogen and oxygen atoms in total. The summed E-state index contributed by atoms with van der Waals surface area (Å²) in [5.41, 5.74) is 3.88. The Morgan fingerprint density at radius 1 is 1.20 bits per heavy atom. The van der Waals surface area contributed by atoms with E-state index in [0.29, 0.717) is 0 Å². The van der Waals surface area contributed by atoms with Crippen molar-refractivity contribution in [3.8, 4) is 0 Å². The highest BCUT2D eigenvalue weighted by molar-refractivity contribution is 14.0. The van der Waals surface area contributed by atoms with Crippen LogP contribution in [0.2, 0.25) is 0 Å². The largest absolute Gasteiger partial charge is 0.356 e. The number of anilines is 1. The van der Waals surface area contributed by atoms with Gasteiger partial charge in [0, 0.05) is 51.4 Å². The van der Waals surface area contributed by atoms with E-state index in [4.69, 9.17) is 4.98 Å². The summed E-state index contributed by atoms with van der Waals surface area (Å²) in [7, 11) is 1.86. The molecule has 4 rings (SSSR count). The van der Waals surface area contributed by atoms with Crippen LogP contribution in [0.25, 0.3) is 0 Å². The fourth-order valence-electron chi connectivity index (χ4n) is 3.75. The highest BCUT2D eigenvalue weighted by atomic mass is 127. The van der Waals surface area contributed by atoms with Crippen molar-refractivity contribution in [1.82, 2.24) is 14.9 Å². The number of guanidine groups is 1. The Bertz CT molecular complexity index is 729. The smallest absolute Gasteiger partial charge is 0.198 e. The molecule has 0 aliphatic carbocycles. The summed E-state index contributed by atoms with van der Waals surface area (Å²) >= 11 is 0. The van der Waals surface area contributed by atoms with Crippen molar-refractivity contribution in [3.05, 3.63) is 47.5 Å². The van der Waals surface area contributed by atoms with E-state index in [9.17, 15) is 0 Å². The van der Waals surface area contributed by atoms with Crippen LogP contribution in [0, 0.1) is 0 Å². The second-order valence-corrected chi connectivity index (χ2v) is 6.55. The summed E-state index contributed by atoms with van der Waals surface area (Å²) < 4.78 is 2.32. The molecule has 1 aromatic carbocycles. The second kappa shape index (κ2) is 8.21. The second-order valence-electron chi connectivity index (χ2n) is 6.55. The van der Waals surface area contributed by atoms with Crippen LogP contribution in [-0.2, 0) is 25.8 Å². The van der Waals surface area contributed by atoms with E-state index >= 15 is 0 Å². The van der Waals surface area contributed by atoms with Gasteiger partial charge in [-0.1, -0.05) is 18.2 Å². The standard InChI is InChI=1S/C19H25N5.HI/c1-20-19(24-13-10-15-6-2-3-7-17(15)24)21-11-9-16-14-23-12-5-4-8-18(23)22-16;/h2-3,6-7,14H,4-5,8-13H2,1H3,(H,20,21);1H. The Morgan fingerprint density at radius 2 is 2.08 bits per heavy atom. The van der Waals surface area contributed by atoms with Gasteiger partial charge in [-0.25, -0.2) is 4.98 Å². The molecule has 134 valence electrons. The number of nitrogens with zero attached hydrogens (tertiary/aromatic N) is 4. The van der Waals surface area contributed by atoms with Crippen molar-refractivity contribution in [2.24, 2.45) is 4.99 Å². The zero-order chi connectivity index (χ0) is 16.4. The Morgan fingerprint density at radius 3 is 2.92 bits per heavy atom. The van der Waals surface area contributed by atoms with Crippen LogP contribution >= 0.6 is 24.0 Å². The van der Waals surface area contributed by atoms with Crippen LogP contribution in [-0.4, -0.2) is 35.6 Å². The lowest BCUT2D eigenvalue weighted by molar-refractivity contribution is 0.522. The van der Waals surface area contributed by atoms with E-state index in [1.54, 1.807) is 0 Å². The van der Waals surface area contributed by atoms with Crippen LogP contribution in [0.1, 0.15) is 29.9 Å². The van der Waals surface area contributed by atoms with Crippen LogP contribution < -0.4 is 10.2 Å². The average Bonchev–Trinajstić information content (AvgIpc) is 3.22. The van der Waals surface area contributed by atoms with Gasteiger partial charge in [0.15, 0.2) is 5.96 Å². The average molecular weight is 451 g/mol. The van der Waals surface area contributed by atoms with Gasteiger partial charge in [-0.15, -0.1) is 24.0 Å². The van der Waals surface area contributed by atoms with Gasteiger partial charge < -0.3 is 14.8 Å². The Balaban J connectivity index is 0.00000182. The van der Waals surface area contributed by atoms with Crippen molar-refractivity contribution < 1.29 is 0 Å².